The quantitative estimate of drug-likeness (QED) is 0.796. The first-order valence-electron chi connectivity index (χ1n) is 7.43. The maximum atomic E-state index is 12.5. The SMILES string of the molecule is CN(C)CCOc1cccc(N2C(=O)c3ccccc3C2=O)c1. The normalized spacial score (nSPS) is 13.6. The van der Waals surface area contributed by atoms with Gasteiger partial charge in [-0.3, -0.25) is 9.59 Å². The number of hydrogen-bond acceptors (Lipinski definition) is 4. The van der Waals surface area contributed by atoms with Gasteiger partial charge >= 0.3 is 0 Å². The second kappa shape index (κ2) is 6.22. The predicted molar refractivity (Wildman–Crippen MR) is 88.1 cm³/mol. The minimum atomic E-state index is -0.295. The van der Waals surface area contributed by atoms with E-state index in [2.05, 4.69) is 0 Å². The Bertz CT molecular complexity index is 720. The Morgan fingerprint density at radius 2 is 1.61 bits per heavy atom. The van der Waals surface area contributed by atoms with E-state index in [0.29, 0.717) is 29.2 Å². The van der Waals surface area contributed by atoms with Gasteiger partial charge in [0, 0.05) is 12.6 Å². The van der Waals surface area contributed by atoms with Crippen molar-refractivity contribution in [1.82, 2.24) is 4.90 Å². The number of carbonyl (C=O) groups is 2. The zero-order valence-corrected chi connectivity index (χ0v) is 13.2. The highest BCUT2D eigenvalue weighted by atomic mass is 16.5. The summed E-state index contributed by atoms with van der Waals surface area (Å²) in [5.41, 5.74) is 1.41. The van der Waals surface area contributed by atoms with Crippen LogP contribution in [0.4, 0.5) is 5.69 Å². The maximum absolute atomic E-state index is 12.5. The van der Waals surface area contributed by atoms with Gasteiger partial charge in [0.25, 0.3) is 11.8 Å². The van der Waals surface area contributed by atoms with Gasteiger partial charge in [0.2, 0.25) is 0 Å². The van der Waals surface area contributed by atoms with Crippen molar-refractivity contribution in [3.05, 3.63) is 59.7 Å². The number of amides is 2. The fourth-order valence-electron chi connectivity index (χ4n) is 2.48. The number of hydrogen-bond donors (Lipinski definition) is 0. The Kier molecular flexibility index (Phi) is 4.12. The molecule has 0 N–H and O–H groups in total. The molecule has 0 fully saturated rings. The fourth-order valence-corrected chi connectivity index (χ4v) is 2.48. The highest BCUT2D eigenvalue weighted by Gasteiger charge is 2.36. The van der Waals surface area contributed by atoms with Crippen molar-refractivity contribution in [3.63, 3.8) is 0 Å². The monoisotopic (exact) mass is 310 g/mol. The van der Waals surface area contributed by atoms with Crippen molar-refractivity contribution >= 4 is 17.5 Å². The molecule has 2 amide bonds. The molecule has 3 rings (SSSR count). The van der Waals surface area contributed by atoms with E-state index >= 15 is 0 Å². The van der Waals surface area contributed by atoms with Crippen LogP contribution in [0.15, 0.2) is 48.5 Å². The molecule has 0 spiro atoms. The molecule has 5 heteroatoms. The lowest BCUT2D eigenvalue weighted by Gasteiger charge is -2.16. The summed E-state index contributed by atoms with van der Waals surface area (Å²) in [6.07, 6.45) is 0. The Labute approximate surface area is 135 Å². The summed E-state index contributed by atoms with van der Waals surface area (Å²) in [4.78, 5) is 28.2. The van der Waals surface area contributed by atoms with Crippen LogP contribution in [0, 0.1) is 0 Å². The summed E-state index contributed by atoms with van der Waals surface area (Å²) in [7, 11) is 3.94. The number of anilines is 1. The number of fused-ring (bicyclic) bond motifs is 1. The van der Waals surface area contributed by atoms with Crippen molar-refractivity contribution < 1.29 is 14.3 Å². The van der Waals surface area contributed by atoms with Gasteiger partial charge in [-0.1, -0.05) is 18.2 Å². The predicted octanol–water partition coefficient (Wildman–Crippen LogP) is 2.43. The molecule has 5 nitrogen and oxygen atoms in total. The fraction of sp³-hybridized carbons (Fsp3) is 0.222. The van der Waals surface area contributed by atoms with Crippen LogP contribution in [0.5, 0.6) is 5.75 Å². The average Bonchev–Trinajstić information content (AvgIpc) is 2.79. The summed E-state index contributed by atoms with van der Waals surface area (Å²) >= 11 is 0. The Hall–Kier alpha value is -2.66. The van der Waals surface area contributed by atoms with Crippen LogP contribution in [0.2, 0.25) is 0 Å². The van der Waals surface area contributed by atoms with Gasteiger partial charge in [-0.25, -0.2) is 4.90 Å². The molecule has 1 aliphatic heterocycles. The second-order valence-electron chi connectivity index (χ2n) is 5.64. The summed E-state index contributed by atoms with van der Waals surface area (Å²) in [6.45, 7) is 1.33. The second-order valence-corrected chi connectivity index (χ2v) is 5.64. The Morgan fingerprint density at radius 3 is 2.22 bits per heavy atom. The highest BCUT2D eigenvalue weighted by molar-refractivity contribution is 6.34. The minimum absolute atomic E-state index is 0.295. The van der Waals surface area contributed by atoms with Crippen molar-refractivity contribution in [2.75, 3.05) is 32.1 Å². The van der Waals surface area contributed by atoms with E-state index in [4.69, 9.17) is 4.74 Å². The van der Waals surface area contributed by atoms with Crippen molar-refractivity contribution in [3.8, 4) is 5.75 Å². The third-order valence-corrected chi connectivity index (χ3v) is 3.68. The molecule has 118 valence electrons. The van der Waals surface area contributed by atoms with Gasteiger partial charge in [0.1, 0.15) is 12.4 Å². The van der Waals surface area contributed by atoms with Gasteiger partial charge in [-0.05, 0) is 38.4 Å². The van der Waals surface area contributed by atoms with E-state index in [-0.39, 0.29) is 11.8 Å². The van der Waals surface area contributed by atoms with Crippen molar-refractivity contribution in [2.45, 2.75) is 0 Å². The number of benzene rings is 2. The van der Waals surface area contributed by atoms with E-state index in [1.165, 1.54) is 4.90 Å². The molecule has 0 saturated carbocycles. The average molecular weight is 310 g/mol. The van der Waals surface area contributed by atoms with Crippen LogP contribution in [0.3, 0.4) is 0 Å². The standard InChI is InChI=1S/C18H18N2O3/c1-19(2)10-11-23-14-7-5-6-13(12-14)20-17(21)15-8-3-4-9-16(15)18(20)22/h3-9,12H,10-11H2,1-2H3. The van der Waals surface area contributed by atoms with Crippen molar-refractivity contribution in [1.29, 1.82) is 0 Å². The number of rotatable bonds is 5. The van der Waals surface area contributed by atoms with Crippen LogP contribution in [0.1, 0.15) is 20.7 Å². The van der Waals surface area contributed by atoms with Crippen LogP contribution in [0.25, 0.3) is 0 Å². The molecule has 0 unspecified atom stereocenters. The van der Waals surface area contributed by atoms with Crippen LogP contribution in [-0.2, 0) is 0 Å². The molecule has 1 aliphatic rings. The van der Waals surface area contributed by atoms with Gasteiger partial charge in [-0.2, -0.15) is 0 Å². The molecule has 0 aliphatic carbocycles. The smallest absolute Gasteiger partial charge is 0.266 e. The molecule has 0 atom stereocenters. The van der Waals surface area contributed by atoms with E-state index in [1.807, 2.05) is 25.1 Å². The molecular weight excluding hydrogens is 292 g/mol. The first kappa shape index (κ1) is 15.2. The van der Waals surface area contributed by atoms with Gasteiger partial charge in [0.15, 0.2) is 0 Å². The maximum Gasteiger partial charge on any atom is 0.266 e. The highest BCUT2D eigenvalue weighted by Crippen LogP contribution is 2.30. The molecular formula is C18H18N2O3. The van der Waals surface area contributed by atoms with E-state index in [0.717, 1.165) is 6.54 Å². The number of ether oxygens (including phenoxy) is 1. The van der Waals surface area contributed by atoms with Crippen LogP contribution >= 0.6 is 0 Å². The molecule has 0 aromatic heterocycles. The summed E-state index contributed by atoms with van der Waals surface area (Å²) in [6, 6.07) is 13.9. The van der Waals surface area contributed by atoms with Gasteiger partial charge in [-0.15, -0.1) is 0 Å². The van der Waals surface area contributed by atoms with E-state index in [1.54, 1.807) is 42.5 Å². The first-order chi connectivity index (χ1) is 11.1. The third kappa shape index (κ3) is 2.96. The first-order valence-corrected chi connectivity index (χ1v) is 7.43. The number of likely N-dealkylation sites (N-methyl/N-ethyl adjacent to an activating group) is 1. The number of carbonyl (C=O) groups excluding carboxylic acids is 2. The largest absolute Gasteiger partial charge is 0.492 e. The third-order valence-electron chi connectivity index (χ3n) is 3.68. The molecule has 0 bridgehead atoms. The summed E-state index contributed by atoms with van der Waals surface area (Å²) in [5.74, 6) is 0.0491. The molecule has 2 aromatic rings. The molecule has 0 radical (unpaired) electrons. The van der Waals surface area contributed by atoms with Crippen molar-refractivity contribution in [2.24, 2.45) is 0 Å². The number of imide groups is 1. The van der Waals surface area contributed by atoms with Crippen LogP contribution in [-0.4, -0.2) is 44.0 Å². The van der Waals surface area contributed by atoms with Crippen LogP contribution < -0.4 is 9.64 Å². The zero-order chi connectivity index (χ0) is 16.4. The Balaban J connectivity index is 1.83. The molecule has 0 saturated heterocycles. The lowest BCUT2D eigenvalue weighted by molar-refractivity contribution is 0.0926. The van der Waals surface area contributed by atoms with E-state index < -0.39 is 0 Å². The topological polar surface area (TPSA) is 49.9 Å². The zero-order valence-electron chi connectivity index (χ0n) is 13.2. The lowest BCUT2D eigenvalue weighted by Crippen LogP contribution is -2.29. The minimum Gasteiger partial charge on any atom is -0.492 e. The number of nitrogens with zero attached hydrogens (tertiary/aromatic N) is 2. The molecule has 1 heterocycles. The Morgan fingerprint density at radius 1 is 0.957 bits per heavy atom. The molecule has 23 heavy (non-hydrogen) atoms. The molecule has 2 aromatic carbocycles. The van der Waals surface area contributed by atoms with E-state index in [9.17, 15) is 9.59 Å². The lowest BCUT2D eigenvalue weighted by atomic mass is 10.1. The van der Waals surface area contributed by atoms with Gasteiger partial charge in [0.05, 0.1) is 16.8 Å². The summed E-state index contributed by atoms with van der Waals surface area (Å²) in [5, 5.41) is 0. The van der Waals surface area contributed by atoms with Gasteiger partial charge < -0.3 is 9.64 Å². The summed E-state index contributed by atoms with van der Waals surface area (Å²) < 4.78 is 5.67.